The van der Waals surface area contributed by atoms with Crippen molar-refractivity contribution in [1.82, 2.24) is 4.98 Å². The van der Waals surface area contributed by atoms with Gasteiger partial charge in [-0.05, 0) is 25.5 Å². The summed E-state index contributed by atoms with van der Waals surface area (Å²) in [7, 11) is 0. The number of aliphatic hydroxyl groups is 1. The van der Waals surface area contributed by atoms with Gasteiger partial charge in [0.1, 0.15) is 0 Å². The number of ether oxygens (including phenoxy) is 1. The van der Waals surface area contributed by atoms with Crippen LogP contribution in [0.15, 0.2) is 28.6 Å². The highest BCUT2D eigenvalue weighted by Gasteiger charge is 2.49. The van der Waals surface area contributed by atoms with E-state index in [0.717, 1.165) is 14.6 Å². The van der Waals surface area contributed by atoms with E-state index < -0.39 is 9.27 Å². The number of thiazole rings is 1. The van der Waals surface area contributed by atoms with Crippen molar-refractivity contribution < 1.29 is 9.84 Å². The zero-order valence-electron chi connectivity index (χ0n) is 11.4. The first-order valence-corrected chi connectivity index (χ1v) is 9.00. The van der Waals surface area contributed by atoms with E-state index in [9.17, 15) is 5.11 Å². The molecular weight excluding hydrogens is 349 g/mol. The van der Waals surface area contributed by atoms with Gasteiger partial charge in [0.15, 0.2) is 8.01 Å². The summed E-state index contributed by atoms with van der Waals surface area (Å²) in [5.74, 6) is -0.376. The number of aromatic nitrogens is 1. The lowest BCUT2D eigenvalue weighted by Crippen LogP contribution is -2.49. The Bertz CT molecular complexity index is 612. The molecule has 2 heterocycles. The van der Waals surface area contributed by atoms with Crippen molar-refractivity contribution >= 4 is 56.5 Å². The topological polar surface area (TPSA) is 42.4 Å². The van der Waals surface area contributed by atoms with Gasteiger partial charge in [-0.2, -0.15) is 0 Å². The van der Waals surface area contributed by atoms with Crippen LogP contribution < -0.4 is 0 Å². The van der Waals surface area contributed by atoms with E-state index in [1.54, 1.807) is 18.3 Å². The molecule has 1 aliphatic rings. The zero-order chi connectivity index (χ0) is 15.1. The molecular formula is C14H15Cl2NO2S2. The molecule has 0 spiro atoms. The first kappa shape index (κ1) is 15.8. The SMILES string of the molecule is C[C@@]1(O)CCOC[C@@H]1C(Cl)(Cl)Sc1nc2ccccc2s1. The molecule has 0 saturated carbocycles. The monoisotopic (exact) mass is 363 g/mol. The molecule has 1 saturated heterocycles. The minimum absolute atomic E-state index is 0.345. The lowest BCUT2D eigenvalue weighted by atomic mass is 9.86. The van der Waals surface area contributed by atoms with Crippen molar-refractivity contribution in [3.05, 3.63) is 24.3 Å². The van der Waals surface area contributed by atoms with Gasteiger partial charge < -0.3 is 9.84 Å². The zero-order valence-corrected chi connectivity index (χ0v) is 14.5. The predicted molar refractivity (Wildman–Crippen MR) is 89.5 cm³/mol. The molecule has 0 aliphatic carbocycles. The number of halogens is 2. The minimum Gasteiger partial charge on any atom is -0.390 e. The lowest BCUT2D eigenvalue weighted by molar-refractivity contribution is -0.0983. The largest absolute Gasteiger partial charge is 0.390 e. The predicted octanol–water partition coefficient (Wildman–Crippen LogP) is 4.31. The summed E-state index contributed by atoms with van der Waals surface area (Å²) in [6.45, 7) is 2.63. The molecule has 0 radical (unpaired) electrons. The van der Waals surface area contributed by atoms with Crippen LogP contribution in [0.2, 0.25) is 0 Å². The van der Waals surface area contributed by atoms with Crippen LogP contribution in [-0.4, -0.2) is 32.6 Å². The number of benzene rings is 1. The average Bonchev–Trinajstić information content (AvgIpc) is 2.78. The standard InChI is InChI=1S/C14H15Cl2NO2S2/c1-13(18)6-7-19-8-11(13)14(15,16)21-12-17-9-4-2-3-5-10(9)20-12/h2-5,11,18H,6-8H2,1H3/t11-,13+/m0/s1. The van der Waals surface area contributed by atoms with Gasteiger partial charge in [0.2, 0.25) is 0 Å². The lowest BCUT2D eigenvalue weighted by Gasteiger charge is -2.42. The second-order valence-corrected chi connectivity index (χ2v) is 9.70. The van der Waals surface area contributed by atoms with E-state index in [2.05, 4.69) is 4.98 Å². The number of nitrogens with zero attached hydrogens (tertiary/aromatic N) is 1. The molecule has 1 fully saturated rings. The van der Waals surface area contributed by atoms with Crippen LogP contribution in [0.3, 0.4) is 0 Å². The van der Waals surface area contributed by atoms with E-state index in [4.69, 9.17) is 27.9 Å². The minimum atomic E-state index is -1.18. The van der Waals surface area contributed by atoms with Crippen molar-refractivity contribution in [1.29, 1.82) is 0 Å². The van der Waals surface area contributed by atoms with Gasteiger partial charge in [0.25, 0.3) is 0 Å². The molecule has 114 valence electrons. The van der Waals surface area contributed by atoms with Gasteiger partial charge >= 0.3 is 0 Å². The summed E-state index contributed by atoms with van der Waals surface area (Å²) in [6.07, 6.45) is 0.527. The number of hydrogen-bond acceptors (Lipinski definition) is 5. The Balaban J connectivity index is 1.84. The second-order valence-electron chi connectivity index (χ2n) is 5.35. The summed E-state index contributed by atoms with van der Waals surface area (Å²) >= 11 is 15.9. The van der Waals surface area contributed by atoms with Crippen molar-refractivity contribution in [2.75, 3.05) is 13.2 Å². The van der Waals surface area contributed by atoms with Gasteiger partial charge in [-0.3, -0.25) is 0 Å². The molecule has 3 nitrogen and oxygen atoms in total. The number of rotatable bonds is 3. The maximum absolute atomic E-state index is 10.5. The Labute approximate surface area is 141 Å². The summed E-state index contributed by atoms with van der Waals surface area (Å²) in [6, 6.07) is 7.90. The molecule has 1 aromatic heterocycles. The van der Waals surface area contributed by atoms with Crippen LogP contribution in [0.4, 0.5) is 0 Å². The molecule has 0 unspecified atom stereocenters. The summed E-state index contributed by atoms with van der Waals surface area (Å²) in [5.41, 5.74) is -0.00777. The maximum Gasteiger partial charge on any atom is 0.177 e. The van der Waals surface area contributed by atoms with E-state index in [0.29, 0.717) is 19.6 Å². The van der Waals surface area contributed by atoms with E-state index in [-0.39, 0.29) is 5.92 Å². The first-order chi connectivity index (χ1) is 9.88. The fourth-order valence-electron chi connectivity index (χ4n) is 2.38. The third-order valence-corrected chi connectivity index (χ3v) is 6.83. The van der Waals surface area contributed by atoms with Crippen molar-refractivity contribution in [2.24, 2.45) is 5.92 Å². The quantitative estimate of drug-likeness (QED) is 0.651. The van der Waals surface area contributed by atoms with Gasteiger partial charge in [-0.25, -0.2) is 4.98 Å². The average molecular weight is 364 g/mol. The van der Waals surface area contributed by atoms with Crippen molar-refractivity contribution in [3.8, 4) is 0 Å². The fraction of sp³-hybridized carbons (Fsp3) is 0.500. The third-order valence-electron chi connectivity index (χ3n) is 3.69. The van der Waals surface area contributed by atoms with Crippen molar-refractivity contribution in [3.63, 3.8) is 0 Å². The van der Waals surface area contributed by atoms with Crippen molar-refractivity contribution in [2.45, 2.75) is 27.0 Å². The van der Waals surface area contributed by atoms with E-state index in [1.165, 1.54) is 11.8 Å². The van der Waals surface area contributed by atoms with Crippen LogP contribution in [0.5, 0.6) is 0 Å². The first-order valence-electron chi connectivity index (χ1n) is 6.61. The van der Waals surface area contributed by atoms with Gasteiger partial charge in [-0.1, -0.05) is 47.1 Å². The second kappa shape index (κ2) is 5.87. The number of alkyl halides is 2. The van der Waals surface area contributed by atoms with Crippen LogP contribution >= 0.6 is 46.3 Å². The highest BCUT2D eigenvalue weighted by atomic mass is 35.5. The van der Waals surface area contributed by atoms with Gasteiger partial charge in [0.05, 0.1) is 28.3 Å². The summed E-state index contributed by atoms with van der Waals surface area (Å²) < 4.78 is 6.15. The van der Waals surface area contributed by atoms with Crippen LogP contribution in [0, 0.1) is 5.92 Å². The Kier molecular flexibility index (Phi) is 4.43. The Hall–Kier alpha value is -0.0400. The maximum atomic E-state index is 10.5. The molecule has 0 amide bonds. The van der Waals surface area contributed by atoms with Crippen LogP contribution in [-0.2, 0) is 4.74 Å². The molecule has 7 heteroatoms. The molecule has 1 N–H and O–H groups in total. The summed E-state index contributed by atoms with van der Waals surface area (Å²) in [5, 5.41) is 10.5. The van der Waals surface area contributed by atoms with E-state index >= 15 is 0 Å². The molecule has 2 atom stereocenters. The van der Waals surface area contributed by atoms with Gasteiger partial charge in [0, 0.05) is 6.61 Å². The number of hydrogen-bond donors (Lipinski definition) is 1. The number of thioether (sulfide) groups is 1. The molecule has 1 aromatic carbocycles. The molecule has 0 bridgehead atoms. The third kappa shape index (κ3) is 3.33. The molecule has 1 aliphatic heterocycles. The Morgan fingerprint density at radius 3 is 2.95 bits per heavy atom. The molecule has 3 rings (SSSR count). The number of fused-ring (bicyclic) bond motifs is 1. The van der Waals surface area contributed by atoms with E-state index in [1.807, 2.05) is 24.3 Å². The number of para-hydroxylation sites is 1. The summed E-state index contributed by atoms with van der Waals surface area (Å²) in [4.78, 5) is 4.53. The molecule has 2 aromatic rings. The van der Waals surface area contributed by atoms with Crippen LogP contribution in [0.1, 0.15) is 13.3 Å². The van der Waals surface area contributed by atoms with Gasteiger partial charge in [-0.15, -0.1) is 11.3 Å². The van der Waals surface area contributed by atoms with Crippen LogP contribution in [0.25, 0.3) is 10.2 Å². The highest BCUT2D eigenvalue weighted by molar-refractivity contribution is 8.04. The fourth-order valence-corrected chi connectivity index (χ4v) is 6.05. The Morgan fingerprint density at radius 1 is 1.48 bits per heavy atom. The molecule has 21 heavy (non-hydrogen) atoms. The normalized spacial score (nSPS) is 27.1. The highest BCUT2D eigenvalue weighted by Crippen LogP contribution is 2.52. The Morgan fingerprint density at radius 2 is 2.24 bits per heavy atom. The smallest absolute Gasteiger partial charge is 0.177 e.